The molecule has 2 aromatic carbocycles. The maximum Gasteiger partial charge on any atom is 0.131 e. The van der Waals surface area contributed by atoms with Crippen LogP contribution in [-0.4, -0.2) is 7.11 Å². The van der Waals surface area contributed by atoms with Crippen molar-refractivity contribution in [3.05, 3.63) is 53.6 Å². The molecule has 0 unspecified atom stereocenters. The van der Waals surface area contributed by atoms with Crippen molar-refractivity contribution >= 4 is 0 Å². The zero-order chi connectivity index (χ0) is 15.5. The van der Waals surface area contributed by atoms with Gasteiger partial charge in [0.15, 0.2) is 0 Å². The molecule has 3 heteroatoms. The zero-order valence-corrected chi connectivity index (χ0v) is 12.8. The monoisotopic (exact) mass is 281 g/mol. The van der Waals surface area contributed by atoms with Gasteiger partial charge in [0.1, 0.15) is 17.2 Å². The molecule has 0 amide bonds. The van der Waals surface area contributed by atoms with Gasteiger partial charge in [-0.3, -0.25) is 0 Å². The quantitative estimate of drug-likeness (QED) is 0.822. The van der Waals surface area contributed by atoms with E-state index in [1.807, 2.05) is 30.3 Å². The fourth-order valence-electron chi connectivity index (χ4n) is 2.07. The minimum Gasteiger partial charge on any atom is -0.497 e. The van der Waals surface area contributed by atoms with Crippen molar-refractivity contribution in [2.24, 2.45) is 0 Å². The Bertz CT molecular complexity index is 678. The van der Waals surface area contributed by atoms with E-state index in [-0.39, 0.29) is 5.41 Å². The average Bonchev–Trinajstić information content (AvgIpc) is 2.46. The number of ether oxygens (including phenoxy) is 2. The molecule has 0 radical (unpaired) electrons. The van der Waals surface area contributed by atoms with E-state index >= 15 is 0 Å². The number of hydrogen-bond donors (Lipinski definition) is 0. The van der Waals surface area contributed by atoms with Crippen molar-refractivity contribution in [2.75, 3.05) is 7.11 Å². The number of nitriles is 1. The SMILES string of the molecule is COc1ccc(Oc2cccc(C#N)c2)c(C(C)(C)C)c1. The van der Waals surface area contributed by atoms with Gasteiger partial charge >= 0.3 is 0 Å². The topological polar surface area (TPSA) is 42.2 Å². The summed E-state index contributed by atoms with van der Waals surface area (Å²) in [6.07, 6.45) is 0. The summed E-state index contributed by atoms with van der Waals surface area (Å²) in [5, 5.41) is 8.96. The second-order valence-electron chi connectivity index (χ2n) is 5.85. The molecule has 0 saturated carbocycles. The number of nitrogens with zero attached hydrogens (tertiary/aromatic N) is 1. The van der Waals surface area contributed by atoms with Gasteiger partial charge in [0, 0.05) is 5.56 Å². The van der Waals surface area contributed by atoms with E-state index in [0.29, 0.717) is 11.3 Å². The Hall–Kier alpha value is -2.47. The summed E-state index contributed by atoms with van der Waals surface area (Å²) in [5.74, 6) is 2.24. The van der Waals surface area contributed by atoms with Crippen LogP contribution in [0.15, 0.2) is 42.5 Å². The molecule has 0 bridgehead atoms. The molecule has 0 aliphatic carbocycles. The predicted octanol–water partition coefficient (Wildman–Crippen LogP) is 4.66. The number of hydrogen-bond acceptors (Lipinski definition) is 3. The first kappa shape index (κ1) is 14.9. The van der Waals surface area contributed by atoms with Gasteiger partial charge in [-0.25, -0.2) is 0 Å². The second-order valence-corrected chi connectivity index (χ2v) is 5.85. The molecule has 0 spiro atoms. The summed E-state index contributed by atoms with van der Waals surface area (Å²) in [7, 11) is 1.65. The van der Waals surface area contributed by atoms with Crippen molar-refractivity contribution in [3.63, 3.8) is 0 Å². The summed E-state index contributed by atoms with van der Waals surface area (Å²) in [6.45, 7) is 6.38. The highest BCUT2D eigenvalue weighted by atomic mass is 16.5. The van der Waals surface area contributed by atoms with Gasteiger partial charge in [-0.05, 0) is 41.8 Å². The van der Waals surface area contributed by atoms with Gasteiger partial charge in [0.25, 0.3) is 0 Å². The van der Waals surface area contributed by atoms with Crippen molar-refractivity contribution in [1.29, 1.82) is 5.26 Å². The number of methoxy groups -OCH3 is 1. The fourth-order valence-corrected chi connectivity index (χ4v) is 2.07. The standard InChI is InChI=1S/C18H19NO2/c1-18(2,3)16-11-14(20-4)8-9-17(16)21-15-7-5-6-13(10-15)12-19/h5-11H,1-4H3. The highest BCUT2D eigenvalue weighted by Crippen LogP contribution is 2.36. The Balaban J connectivity index is 2.41. The predicted molar refractivity (Wildman–Crippen MR) is 82.9 cm³/mol. The fraction of sp³-hybridized carbons (Fsp3) is 0.278. The van der Waals surface area contributed by atoms with E-state index in [0.717, 1.165) is 17.1 Å². The Kier molecular flexibility index (Phi) is 4.18. The molecular weight excluding hydrogens is 262 g/mol. The van der Waals surface area contributed by atoms with Crippen molar-refractivity contribution in [2.45, 2.75) is 26.2 Å². The molecule has 0 atom stereocenters. The van der Waals surface area contributed by atoms with Crippen molar-refractivity contribution < 1.29 is 9.47 Å². The molecule has 0 heterocycles. The van der Waals surface area contributed by atoms with Crippen molar-refractivity contribution in [3.8, 4) is 23.3 Å². The van der Waals surface area contributed by atoms with Gasteiger partial charge in [-0.2, -0.15) is 5.26 Å². The Morgan fingerprint density at radius 1 is 1.00 bits per heavy atom. The highest BCUT2D eigenvalue weighted by molar-refractivity contribution is 5.47. The number of benzene rings is 2. The molecule has 0 N–H and O–H groups in total. The zero-order valence-electron chi connectivity index (χ0n) is 12.8. The van der Waals surface area contributed by atoms with Crippen LogP contribution in [0.2, 0.25) is 0 Å². The molecule has 0 aromatic heterocycles. The highest BCUT2D eigenvalue weighted by Gasteiger charge is 2.20. The first-order chi connectivity index (χ1) is 9.94. The summed E-state index contributed by atoms with van der Waals surface area (Å²) in [6, 6.07) is 15.0. The van der Waals surface area contributed by atoms with E-state index in [1.54, 1.807) is 19.2 Å². The van der Waals surface area contributed by atoms with Gasteiger partial charge in [0.05, 0.1) is 18.7 Å². The Morgan fingerprint density at radius 3 is 2.38 bits per heavy atom. The third kappa shape index (κ3) is 3.55. The first-order valence-corrected chi connectivity index (χ1v) is 6.80. The maximum atomic E-state index is 8.96. The van der Waals surface area contributed by atoms with Crippen LogP contribution in [0, 0.1) is 11.3 Å². The molecule has 0 saturated heterocycles. The minimum atomic E-state index is -0.0727. The first-order valence-electron chi connectivity index (χ1n) is 6.80. The van der Waals surface area contributed by atoms with Crippen LogP contribution < -0.4 is 9.47 Å². The summed E-state index contributed by atoms with van der Waals surface area (Å²) >= 11 is 0. The van der Waals surface area contributed by atoms with Crippen LogP contribution >= 0.6 is 0 Å². The van der Waals surface area contributed by atoms with Gasteiger partial charge in [-0.15, -0.1) is 0 Å². The molecule has 2 rings (SSSR count). The lowest BCUT2D eigenvalue weighted by atomic mass is 9.86. The van der Waals surface area contributed by atoms with E-state index in [1.165, 1.54) is 0 Å². The molecule has 3 nitrogen and oxygen atoms in total. The van der Waals surface area contributed by atoms with Crippen LogP contribution in [0.5, 0.6) is 17.2 Å². The van der Waals surface area contributed by atoms with Crippen LogP contribution in [0.4, 0.5) is 0 Å². The molecular formula is C18H19NO2. The molecule has 21 heavy (non-hydrogen) atoms. The van der Waals surface area contributed by atoms with Gasteiger partial charge in [-0.1, -0.05) is 26.8 Å². The summed E-state index contributed by atoms with van der Waals surface area (Å²) in [4.78, 5) is 0. The van der Waals surface area contributed by atoms with E-state index < -0.39 is 0 Å². The molecule has 108 valence electrons. The van der Waals surface area contributed by atoms with Crippen LogP contribution in [0.1, 0.15) is 31.9 Å². The molecule has 0 fully saturated rings. The maximum absolute atomic E-state index is 8.96. The third-order valence-corrected chi connectivity index (χ3v) is 3.19. The smallest absolute Gasteiger partial charge is 0.131 e. The largest absolute Gasteiger partial charge is 0.497 e. The van der Waals surface area contributed by atoms with Crippen LogP contribution in [0.25, 0.3) is 0 Å². The van der Waals surface area contributed by atoms with Crippen molar-refractivity contribution in [1.82, 2.24) is 0 Å². The lowest BCUT2D eigenvalue weighted by molar-refractivity contribution is 0.407. The lowest BCUT2D eigenvalue weighted by Gasteiger charge is -2.23. The van der Waals surface area contributed by atoms with Gasteiger partial charge in [0.2, 0.25) is 0 Å². The van der Waals surface area contributed by atoms with E-state index in [9.17, 15) is 0 Å². The Labute approximate surface area is 125 Å². The lowest BCUT2D eigenvalue weighted by Crippen LogP contribution is -2.12. The minimum absolute atomic E-state index is 0.0727. The van der Waals surface area contributed by atoms with E-state index in [2.05, 4.69) is 26.8 Å². The third-order valence-electron chi connectivity index (χ3n) is 3.19. The van der Waals surface area contributed by atoms with Crippen LogP contribution in [0.3, 0.4) is 0 Å². The summed E-state index contributed by atoms with van der Waals surface area (Å²) in [5.41, 5.74) is 1.57. The molecule has 0 aliphatic heterocycles. The van der Waals surface area contributed by atoms with Crippen LogP contribution in [-0.2, 0) is 5.41 Å². The molecule has 2 aromatic rings. The van der Waals surface area contributed by atoms with Gasteiger partial charge < -0.3 is 9.47 Å². The molecule has 0 aliphatic rings. The average molecular weight is 281 g/mol. The second kappa shape index (κ2) is 5.88. The number of rotatable bonds is 3. The normalized spacial score (nSPS) is 10.8. The Morgan fingerprint density at radius 2 is 1.76 bits per heavy atom. The summed E-state index contributed by atoms with van der Waals surface area (Å²) < 4.78 is 11.3. The van der Waals surface area contributed by atoms with E-state index in [4.69, 9.17) is 14.7 Å².